The number of fused-ring (bicyclic) bond motifs is 1. The molecule has 2 aromatic heterocycles. The summed E-state index contributed by atoms with van der Waals surface area (Å²) in [4.78, 5) is 11.1. The SMILES string of the molecule is Cc1[nH]ncc1CN1CCC[C@@H]1c1nc2c([nH]1)CCCC2. The van der Waals surface area contributed by atoms with Gasteiger partial charge in [0, 0.05) is 23.5 Å². The average Bonchev–Trinajstić information content (AvgIpc) is 3.19. The first kappa shape index (κ1) is 13.1. The van der Waals surface area contributed by atoms with E-state index in [0.717, 1.165) is 19.5 Å². The van der Waals surface area contributed by atoms with E-state index >= 15 is 0 Å². The van der Waals surface area contributed by atoms with Crippen LogP contribution in [0.5, 0.6) is 0 Å². The first-order valence-corrected chi connectivity index (χ1v) is 8.12. The predicted octanol–water partition coefficient (Wildman–Crippen LogP) is 2.66. The summed E-state index contributed by atoms with van der Waals surface area (Å²) >= 11 is 0. The van der Waals surface area contributed by atoms with Crippen molar-refractivity contribution < 1.29 is 0 Å². The molecule has 5 nitrogen and oxygen atoms in total. The van der Waals surface area contributed by atoms with Gasteiger partial charge in [-0.25, -0.2) is 4.98 Å². The highest BCUT2D eigenvalue weighted by molar-refractivity contribution is 5.20. The molecule has 0 saturated carbocycles. The van der Waals surface area contributed by atoms with Crippen LogP contribution in [0.3, 0.4) is 0 Å². The lowest BCUT2D eigenvalue weighted by molar-refractivity contribution is 0.240. The molecule has 0 amide bonds. The van der Waals surface area contributed by atoms with Crippen molar-refractivity contribution in [3.8, 4) is 0 Å². The summed E-state index contributed by atoms with van der Waals surface area (Å²) in [6.45, 7) is 4.22. The predicted molar refractivity (Wildman–Crippen MR) is 80.9 cm³/mol. The molecule has 2 aromatic rings. The van der Waals surface area contributed by atoms with Crippen LogP contribution in [0.1, 0.15) is 60.2 Å². The smallest absolute Gasteiger partial charge is 0.124 e. The second kappa shape index (κ2) is 5.30. The number of nitrogens with one attached hydrogen (secondary N) is 2. The molecule has 0 aromatic carbocycles. The fraction of sp³-hybridized carbons (Fsp3) is 0.625. The Kier molecular flexibility index (Phi) is 3.30. The Morgan fingerprint density at radius 3 is 3.00 bits per heavy atom. The maximum atomic E-state index is 4.91. The summed E-state index contributed by atoms with van der Waals surface area (Å²) in [5.74, 6) is 1.19. The van der Waals surface area contributed by atoms with E-state index in [0.29, 0.717) is 6.04 Å². The zero-order valence-corrected chi connectivity index (χ0v) is 12.7. The molecule has 2 N–H and O–H groups in total. The number of rotatable bonds is 3. The van der Waals surface area contributed by atoms with E-state index in [1.54, 1.807) is 0 Å². The third kappa shape index (κ3) is 2.39. The Morgan fingerprint density at radius 2 is 2.19 bits per heavy atom. The van der Waals surface area contributed by atoms with E-state index in [2.05, 4.69) is 27.0 Å². The van der Waals surface area contributed by atoms with Gasteiger partial charge in [-0.15, -0.1) is 0 Å². The first-order valence-electron chi connectivity index (χ1n) is 8.12. The van der Waals surface area contributed by atoms with E-state index < -0.39 is 0 Å². The van der Waals surface area contributed by atoms with E-state index in [1.807, 2.05) is 6.20 Å². The molecule has 5 heteroatoms. The number of nitrogens with zero attached hydrogens (tertiary/aromatic N) is 3. The number of hydrogen-bond donors (Lipinski definition) is 2. The van der Waals surface area contributed by atoms with Crippen LogP contribution in [0.15, 0.2) is 6.20 Å². The molecule has 0 radical (unpaired) electrons. The molecule has 1 atom stereocenters. The van der Waals surface area contributed by atoms with Crippen LogP contribution in [0.2, 0.25) is 0 Å². The van der Waals surface area contributed by atoms with E-state index in [-0.39, 0.29) is 0 Å². The van der Waals surface area contributed by atoms with E-state index in [4.69, 9.17) is 4.98 Å². The topological polar surface area (TPSA) is 60.6 Å². The first-order chi connectivity index (χ1) is 10.3. The maximum Gasteiger partial charge on any atom is 0.124 e. The van der Waals surface area contributed by atoms with Crippen molar-refractivity contribution in [3.05, 3.63) is 34.7 Å². The fourth-order valence-electron chi connectivity index (χ4n) is 3.71. The van der Waals surface area contributed by atoms with Crippen molar-refractivity contribution in [1.29, 1.82) is 0 Å². The average molecular weight is 285 g/mol. The molecular weight excluding hydrogens is 262 g/mol. The third-order valence-electron chi connectivity index (χ3n) is 4.96. The van der Waals surface area contributed by atoms with Gasteiger partial charge in [-0.3, -0.25) is 10.00 Å². The lowest BCUT2D eigenvalue weighted by atomic mass is 10.0. The molecule has 21 heavy (non-hydrogen) atoms. The zero-order chi connectivity index (χ0) is 14.2. The minimum Gasteiger partial charge on any atom is -0.344 e. The minimum atomic E-state index is 0.449. The summed E-state index contributed by atoms with van der Waals surface area (Å²) < 4.78 is 0. The molecule has 3 heterocycles. The summed E-state index contributed by atoms with van der Waals surface area (Å²) in [6, 6.07) is 0.449. The Morgan fingerprint density at radius 1 is 1.29 bits per heavy atom. The molecule has 1 aliphatic carbocycles. The van der Waals surface area contributed by atoms with E-state index in [9.17, 15) is 0 Å². The molecular formula is C16H23N5. The van der Waals surface area contributed by atoms with Gasteiger partial charge >= 0.3 is 0 Å². The van der Waals surface area contributed by atoms with Crippen molar-refractivity contribution >= 4 is 0 Å². The third-order valence-corrected chi connectivity index (χ3v) is 4.96. The van der Waals surface area contributed by atoms with Gasteiger partial charge in [0.25, 0.3) is 0 Å². The molecule has 0 spiro atoms. The van der Waals surface area contributed by atoms with Gasteiger partial charge in [0.1, 0.15) is 5.82 Å². The number of aromatic amines is 2. The normalized spacial score (nSPS) is 22.6. The highest BCUT2D eigenvalue weighted by Gasteiger charge is 2.30. The van der Waals surface area contributed by atoms with Crippen molar-refractivity contribution in [1.82, 2.24) is 25.1 Å². The second-order valence-electron chi connectivity index (χ2n) is 6.40. The Labute approximate surface area is 125 Å². The van der Waals surface area contributed by atoms with Crippen LogP contribution in [0, 0.1) is 6.92 Å². The number of H-pyrrole nitrogens is 2. The number of aryl methyl sites for hydroxylation is 3. The summed E-state index contributed by atoms with van der Waals surface area (Å²) in [5, 5.41) is 7.18. The lowest BCUT2D eigenvalue weighted by Crippen LogP contribution is -2.23. The molecule has 0 bridgehead atoms. The van der Waals surface area contributed by atoms with E-state index in [1.165, 1.54) is 60.6 Å². The van der Waals surface area contributed by atoms with Crippen molar-refractivity contribution in [2.75, 3.05) is 6.54 Å². The molecule has 0 unspecified atom stereocenters. The van der Waals surface area contributed by atoms with Crippen molar-refractivity contribution in [3.63, 3.8) is 0 Å². The van der Waals surface area contributed by atoms with Crippen molar-refractivity contribution in [2.24, 2.45) is 0 Å². The van der Waals surface area contributed by atoms with Gasteiger partial charge in [-0.1, -0.05) is 0 Å². The Bertz CT molecular complexity index is 603. The Hall–Kier alpha value is -1.62. The molecule has 4 rings (SSSR count). The molecule has 1 saturated heterocycles. The summed E-state index contributed by atoms with van der Waals surface area (Å²) in [7, 11) is 0. The lowest BCUT2D eigenvalue weighted by Gasteiger charge is -2.22. The minimum absolute atomic E-state index is 0.449. The highest BCUT2D eigenvalue weighted by Crippen LogP contribution is 2.33. The van der Waals surface area contributed by atoms with Crippen LogP contribution in [0.4, 0.5) is 0 Å². The quantitative estimate of drug-likeness (QED) is 0.911. The molecule has 1 aliphatic heterocycles. The largest absolute Gasteiger partial charge is 0.344 e. The van der Waals surface area contributed by atoms with Crippen LogP contribution in [-0.4, -0.2) is 31.6 Å². The molecule has 2 aliphatic rings. The van der Waals surface area contributed by atoms with Gasteiger partial charge in [-0.05, 0) is 52.0 Å². The number of imidazole rings is 1. The highest BCUT2D eigenvalue weighted by atomic mass is 15.2. The van der Waals surface area contributed by atoms with Crippen LogP contribution in [0.25, 0.3) is 0 Å². The molecule has 1 fully saturated rings. The van der Waals surface area contributed by atoms with Gasteiger partial charge in [0.15, 0.2) is 0 Å². The Balaban J connectivity index is 1.56. The van der Waals surface area contributed by atoms with Gasteiger partial charge < -0.3 is 4.98 Å². The number of aromatic nitrogens is 4. The standard InChI is InChI=1S/C16H23N5/c1-11-12(9-17-20-11)10-21-8-4-7-15(21)16-18-13-5-2-3-6-14(13)19-16/h9,15H,2-8,10H2,1H3,(H,17,20)(H,18,19)/t15-/m1/s1. The fourth-order valence-corrected chi connectivity index (χ4v) is 3.71. The van der Waals surface area contributed by atoms with Gasteiger partial charge in [0.05, 0.1) is 17.9 Å². The van der Waals surface area contributed by atoms with Crippen molar-refractivity contribution in [2.45, 2.75) is 58.0 Å². The van der Waals surface area contributed by atoms with Crippen LogP contribution >= 0.6 is 0 Å². The second-order valence-corrected chi connectivity index (χ2v) is 6.40. The summed E-state index contributed by atoms with van der Waals surface area (Å²) in [6.07, 6.45) is 9.35. The summed E-state index contributed by atoms with van der Waals surface area (Å²) in [5.41, 5.74) is 5.20. The number of hydrogen-bond acceptors (Lipinski definition) is 3. The zero-order valence-electron chi connectivity index (χ0n) is 12.7. The molecule has 112 valence electrons. The van der Waals surface area contributed by atoms with Crippen LogP contribution < -0.4 is 0 Å². The number of likely N-dealkylation sites (tertiary alicyclic amines) is 1. The van der Waals surface area contributed by atoms with Gasteiger partial charge in [0.2, 0.25) is 0 Å². The maximum absolute atomic E-state index is 4.91. The van der Waals surface area contributed by atoms with Gasteiger partial charge in [-0.2, -0.15) is 5.10 Å². The van der Waals surface area contributed by atoms with Crippen LogP contribution in [-0.2, 0) is 19.4 Å². The monoisotopic (exact) mass is 285 g/mol.